The Morgan fingerprint density at radius 1 is 1.46 bits per heavy atom. The first kappa shape index (κ1) is 10.5. The molecule has 1 fully saturated rings. The van der Waals surface area contributed by atoms with Crippen molar-refractivity contribution in [1.29, 1.82) is 0 Å². The first-order chi connectivity index (χ1) is 6.18. The van der Waals surface area contributed by atoms with Gasteiger partial charge in [0.15, 0.2) is 0 Å². The third-order valence-electron chi connectivity index (χ3n) is 2.85. The second-order valence-corrected chi connectivity index (χ2v) is 4.03. The van der Waals surface area contributed by atoms with Crippen LogP contribution in [0.2, 0.25) is 0 Å². The monoisotopic (exact) mass is 185 g/mol. The molecule has 1 aliphatic rings. The van der Waals surface area contributed by atoms with Crippen molar-refractivity contribution in [3.8, 4) is 0 Å². The van der Waals surface area contributed by atoms with Crippen LogP contribution in [0.3, 0.4) is 0 Å². The maximum absolute atomic E-state index is 10.3. The lowest BCUT2D eigenvalue weighted by molar-refractivity contribution is -0.137. The van der Waals surface area contributed by atoms with Crippen molar-refractivity contribution in [2.24, 2.45) is 5.92 Å². The normalized spacial score (nSPS) is 17.4. The minimum absolute atomic E-state index is 0.265. The third-order valence-corrected chi connectivity index (χ3v) is 2.85. The molecule has 0 spiro atoms. The number of hydrogen-bond donors (Lipinski definition) is 1. The van der Waals surface area contributed by atoms with Gasteiger partial charge in [-0.2, -0.15) is 0 Å². The topological polar surface area (TPSA) is 40.5 Å². The van der Waals surface area contributed by atoms with Gasteiger partial charge >= 0.3 is 5.97 Å². The number of aliphatic carboxylic acids is 1. The largest absolute Gasteiger partial charge is 0.481 e. The van der Waals surface area contributed by atoms with E-state index in [1.807, 2.05) is 7.05 Å². The summed E-state index contributed by atoms with van der Waals surface area (Å²) in [7, 11) is 2.00. The van der Waals surface area contributed by atoms with Crippen LogP contribution in [0.5, 0.6) is 0 Å². The van der Waals surface area contributed by atoms with Crippen molar-refractivity contribution in [3.05, 3.63) is 0 Å². The molecule has 0 aliphatic heterocycles. The van der Waals surface area contributed by atoms with Gasteiger partial charge in [0.05, 0.1) is 6.42 Å². The molecule has 3 nitrogen and oxygen atoms in total. The summed E-state index contributed by atoms with van der Waals surface area (Å²) in [6.07, 6.45) is 5.67. The van der Waals surface area contributed by atoms with E-state index in [0.717, 1.165) is 12.5 Å². The lowest BCUT2D eigenvalue weighted by atomic mass is 9.83. The van der Waals surface area contributed by atoms with Crippen molar-refractivity contribution < 1.29 is 9.90 Å². The van der Waals surface area contributed by atoms with Gasteiger partial charge in [-0.25, -0.2) is 0 Å². The van der Waals surface area contributed by atoms with Gasteiger partial charge in [-0.05, 0) is 25.9 Å². The van der Waals surface area contributed by atoms with Gasteiger partial charge in [-0.15, -0.1) is 0 Å². The molecule has 0 unspecified atom stereocenters. The van der Waals surface area contributed by atoms with Gasteiger partial charge in [0.2, 0.25) is 0 Å². The smallest absolute Gasteiger partial charge is 0.304 e. The highest BCUT2D eigenvalue weighted by Gasteiger charge is 2.17. The Morgan fingerprint density at radius 3 is 2.62 bits per heavy atom. The molecule has 76 valence electrons. The second-order valence-electron chi connectivity index (χ2n) is 4.03. The van der Waals surface area contributed by atoms with Crippen LogP contribution in [0.4, 0.5) is 0 Å². The van der Waals surface area contributed by atoms with Crippen LogP contribution in [0.1, 0.15) is 32.1 Å². The first-order valence-corrected chi connectivity index (χ1v) is 5.09. The predicted octanol–water partition coefficient (Wildman–Crippen LogP) is 1.58. The summed E-state index contributed by atoms with van der Waals surface area (Å²) in [5.74, 6) is 0.225. The molecule has 0 aromatic carbocycles. The Balaban J connectivity index is 1.96. The Morgan fingerprint density at radius 2 is 2.15 bits per heavy atom. The summed E-state index contributed by atoms with van der Waals surface area (Å²) in [4.78, 5) is 12.4. The minimum atomic E-state index is -0.699. The summed E-state index contributed by atoms with van der Waals surface area (Å²) >= 11 is 0. The summed E-state index contributed by atoms with van der Waals surface area (Å²) in [5.41, 5.74) is 0. The number of nitrogens with zero attached hydrogens (tertiary/aromatic N) is 1. The van der Waals surface area contributed by atoms with Gasteiger partial charge in [-0.1, -0.05) is 19.3 Å². The van der Waals surface area contributed by atoms with E-state index in [9.17, 15) is 4.79 Å². The van der Waals surface area contributed by atoms with Crippen molar-refractivity contribution in [2.75, 3.05) is 20.1 Å². The second kappa shape index (κ2) is 5.22. The van der Waals surface area contributed by atoms with E-state index in [4.69, 9.17) is 5.11 Å². The molecule has 0 bridgehead atoms. The number of carboxylic acids is 1. The molecular weight excluding hydrogens is 166 g/mol. The van der Waals surface area contributed by atoms with Gasteiger partial charge in [0.1, 0.15) is 0 Å². The van der Waals surface area contributed by atoms with Crippen molar-refractivity contribution in [1.82, 2.24) is 4.90 Å². The van der Waals surface area contributed by atoms with E-state index in [0.29, 0.717) is 6.54 Å². The van der Waals surface area contributed by atoms with Crippen molar-refractivity contribution >= 4 is 5.97 Å². The quantitative estimate of drug-likeness (QED) is 0.683. The van der Waals surface area contributed by atoms with Gasteiger partial charge in [0.25, 0.3) is 0 Å². The van der Waals surface area contributed by atoms with E-state index in [1.54, 1.807) is 0 Å². The van der Waals surface area contributed by atoms with Gasteiger partial charge in [-0.3, -0.25) is 4.79 Å². The zero-order chi connectivity index (χ0) is 9.68. The Labute approximate surface area is 79.7 Å². The lowest BCUT2D eigenvalue weighted by Crippen LogP contribution is -2.26. The van der Waals surface area contributed by atoms with Crippen LogP contribution in [0, 0.1) is 5.92 Å². The van der Waals surface area contributed by atoms with E-state index in [2.05, 4.69) is 4.90 Å². The molecule has 0 aromatic heterocycles. The summed E-state index contributed by atoms with van der Waals surface area (Å²) in [5, 5.41) is 8.47. The van der Waals surface area contributed by atoms with Crippen LogP contribution >= 0.6 is 0 Å². The Bertz CT molecular complexity index is 166. The Kier molecular flexibility index (Phi) is 4.22. The zero-order valence-electron chi connectivity index (χ0n) is 8.33. The molecule has 1 N–H and O–H groups in total. The van der Waals surface area contributed by atoms with Gasteiger partial charge in [0, 0.05) is 6.54 Å². The third kappa shape index (κ3) is 4.27. The molecule has 1 aliphatic carbocycles. The Hall–Kier alpha value is -0.570. The number of hydrogen-bond acceptors (Lipinski definition) is 2. The van der Waals surface area contributed by atoms with E-state index in [1.165, 1.54) is 25.7 Å². The molecule has 13 heavy (non-hydrogen) atoms. The maximum Gasteiger partial charge on any atom is 0.304 e. The maximum atomic E-state index is 10.3. The highest BCUT2D eigenvalue weighted by Crippen LogP contribution is 2.29. The average Bonchev–Trinajstić information content (AvgIpc) is 1.98. The first-order valence-electron chi connectivity index (χ1n) is 5.09. The fraction of sp³-hybridized carbons (Fsp3) is 0.900. The molecule has 0 aromatic rings. The molecule has 0 amide bonds. The molecule has 1 saturated carbocycles. The minimum Gasteiger partial charge on any atom is -0.481 e. The highest BCUT2D eigenvalue weighted by atomic mass is 16.4. The molecule has 0 saturated heterocycles. The predicted molar refractivity (Wildman–Crippen MR) is 51.7 cm³/mol. The van der Waals surface area contributed by atoms with E-state index < -0.39 is 5.97 Å². The fourth-order valence-electron chi connectivity index (χ4n) is 1.58. The SMILES string of the molecule is CN(CCC(=O)O)CCC1CCC1. The number of rotatable bonds is 6. The molecular formula is C10H19NO2. The molecule has 0 heterocycles. The molecule has 0 atom stereocenters. The molecule has 1 rings (SSSR count). The number of carbonyl (C=O) groups is 1. The average molecular weight is 185 g/mol. The number of carboxylic acid groups (broad SMARTS) is 1. The summed E-state index contributed by atoms with van der Waals surface area (Å²) < 4.78 is 0. The van der Waals surface area contributed by atoms with Crippen molar-refractivity contribution in [3.63, 3.8) is 0 Å². The standard InChI is InChI=1S/C10H19NO2/c1-11(8-6-10(12)13)7-5-9-3-2-4-9/h9H,2-8H2,1H3,(H,12,13). The fourth-order valence-corrected chi connectivity index (χ4v) is 1.58. The summed E-state index contributed by atoms with van der Waals surface area (Å²) in [6, 6.07) is 0. The van der Waals surface area contributed by atoms with Crippen LogP contribution in [-0.2, 0) is 4.79 Å². The van der Waals surface area contributed by atoms with E-state index >= 15 is 0 Å². The highest BCUT2D eigenvalue weighted by molar-refractivity contribution is 5.66. The van der Waals surface area contributed by atoms with Crippen LogP contribution in [-0.4, -0.2) is 36.1 Å². The van der Waals surface area contributed by atoms with Crippen LogP contribution in [0.15, 0.2) is 0 Å². The van der Waals surface area contributed by atoms with Crippen molar-refractivity contribution in [2.45, 2.75) is 32.1 Å². The molecule has 3 heteroatoms. The van der Waals surface area contributed by atoms with Crippen LogP contribution in [0.25, 0.3) is 0 Å². The summed E-state index contributed by atoms with van der Waals surface area (Å²) in [6.45, 7) is 1.74. The van der Waals surface area contributed by atoms with Crippen LogP contribution < -0.4 is 0 Å². The lowest BCUT2D eigenvalue weighted by Gasteiger charge is -2.27. The molecule has 0 radical (unpaired) electrons. The van der Waals surface area contributed by atoms with Gasteiger partial charge < -0.3 is 10.0 Å². The van der Waals surface area contributed by atoms with E-state index in [-0.39, 0.29) is 6.42 Å². The zero-order valence-corrected chi connectivity index (χ0v) is 8.33.